The van der Waals surface area contributed by atoms with E-state index in [4.69, 9.17) is 4.74 Å². The van der Waals surface area contributed by atoms with Gasteiger partial charge in [-0.15, -0.1) is 0 Å². The number of nitrogens with one attached hydrogen (secondary N) is 2. The van der Waals surface area contributed by atoms with Crippen LogP contribution in [0.5, 0.6) is 5.75 Å². The molecular weight excluding hydrogens is 278 g/mol. The van der Waals surface area contributed by atoms with E-state index in [1.807, 2.05) is 19.1 Å². The summed E-state index contributed by atoms with van der Waals surface area (Å²) in [4.78, 5) is 15.8. The molecule has 0 aliphatic heterocycles. The fourth-order valence-electron chi connectivity index (χ4n) is 2.38. The van der Waals surface area contributed by atoms with Crippen LogP contribution >= 0.6 is 0 Å². The van der Waals surface area contributed by atoms with E-state index in [2.05, 4.69) is 27.5 Å². The summed E-state index contributed by atoms with van der Waals surface area (Å²) in [5, 5.41) is 5.73. The summed E-state index contributed by atoms with van der Waals surface area (Å²) in [5.41, 5.74) is 0.951. The molecule has 1 aromatic rings. The standard InChI is InChI=1S/C17H23N3O2/c1-14-9-10-16(13-19-14)22-12-6-5-11-18-17(21)20-15-7-3-2-4-8-15/h9-10,13,15H,2-4,7-8,11-12H2,1H3,(H2,18,20,21). The second kappa shape index (κ2) is 8.93. The second-order valence-electron chi connectivity index (χ2n) is 5.44. The number of aryl methyl sites for hydroxylation is 1. The highest BCUT2D eigenvalue weighted by Gasteiger charge is 2.14. The molecule has 1 heterocycles. The number of rotatable bonds is 4. The van der Waals surface area contributed by atoms with Crippen molar-refractivity contribution in [3.05, 3.63) is 24.0 Å². The molecule has 1 fully saturated rings. The van der Waals surface area contributed by atoms with Gasteiger partial charge in [-0.3, -0.25) is 4.98 Å². The third kappa shape index (κ3) is 6.04. The molecule has 2 rings (SSSR count). The summed E-state index contributed by atoms with van der Waals surface area (Å²) < 4.78 is 5.43. The average molecular weight is 301 g/mol. The lowest BCUT2D eigenvalue weighted by Crippen LogP contribution is -2.42. The topological polar surface area (TPSA) is 63.2 Å². The maximum absolute atomic E-state index is 11.7. The van der Waals surface area contributed by atoms with Crippen molar-refractivity contribution in [1.29, 1.82) is 0 Å². The fourth-order valence-corrected chi connectivity index (χ4v) is 2.38. The summed E-state index contributed by atoms with van der Waals surface area (Å²) in [7, 11) is 0. The van der Waals surface area contributed by atoms with Crippen molar-refractivity contribution in [1.82, 2.24) is 15.6 Å². The zero-order valence-corrected chi connectivity index (χ0v) is 13.0. The van der Waals surface area contributed by atoms with Crippen LogP contribution in [0.4, 0.5) is 4.79 Å². The van der Waals surface area contributed by atoms with Crippen molar-refractivity contribution in [2.75, 3.05) is 13.2 Å². The van der Waals surface area contributed by atoms with Crippen molar-refractivity contribution >= 4 is 6.03 Å². The van der Waals surface area contributed by atoms with E-state index in [9.17, 15) is 4.79 Å². The maximum atomic E-state index is 11.7. The van der Waals surface area contributed by atoms with Crippen molar-refractivity contribution in [3.63, 3.8) is 0 Å². The minimum Gasteiger partial charge on any atom is -0.479 e. The van der Waals surface area contributed by atoms with Crippen LogP contribution in [0.15, 0.2) is 18.3 Å². The first-order valence-corrected chi connectivity index (χ1v) is 7.79. The Kier molecular flexibility index (Phi) is 6.56. The zero-order valence-electron chi connectivity index (χ0n) is 13.0. The highest BCUT2D eigenvalue weighted by molar-refractivity contribution is 5.74. The Hall–Kier alpha value is -2.22. The van der Waals surface area contributed by atoms with Gasteiger partial charge in [-0.1, -0.05) is 31.1 Å². The van der Waals surface area contributed by atoms with Gasteiger partial charge in [0, 0.05) is 11.7 Å². The number of pyridine rings is 1. The van der Waals surface area contributed by atoms with Gasteiger partial charge in [0.25, 0.3) is 0 Å². The first-order chi connectivity index (χ1) is 10.7. The van der Waals surface area contributed by atoms with Gasteiger partial charge in [-0.05, 0) is 31.9 Å². The molecule has 0 saturated heterocycles. The van der Waals surface area contributed by atoms with Crippen LogP contribution in [0.2, 0.25) is 0 Å². The van der Waals surface area contributed by atoms with Gasteiger partial charge in [0.15, 0.2) is 0 Å². The van der Waals surface area contributed by atoms with Gasteiger partial charge in [-0.25, -0.2) is 4.79 Å². The van der Waals surface area contributed by atoms with Crippen LogP contribution in [0.25, 0.3) is 0 Å². The Bertz CT molecular complexity index is 525. The number of nitrogens with zero attached hydrogens (tertiary/aromatic N) is 1. The van der Waals surface area contributed by atoms with Crippen LogP contribution in [-0.4, -0.2) is 30.2 Å². The van der Waals surface area contributed by atoms with Crippen molar-refractivity contribution in [3.8, 4) is 17.6 Å². The van der Waals surface area contributed by atoms with E-state index < -0.39 is 0 Å². The molecule has 2 N–H and O–H groups in total. The Labute approximate surface area is 131 Å². The van der Waals surface area contributed by atoms with Crippen molar-refractivity contribution in [2.45, 2.75) is 45.1 Å². The first-order valence-electron chi connectivity index (χ1n) is 7.79. The molecule has 0 aromatic carbocycles. The monoisotopic (exact) mass is 301 g/mol. The Morgan fingerprint density at radius 2 is 2.14 bits per heavy atom. The predicted molar refractivity (Wildman–Crippen MR) is 85.7 cm³/mol. The summed E-state index contributed by atoms with van der Waals surface area (Å²) in [6.07, 6.45) is 7.52. The van der Waals surface area contributed by atoms with Gasteiger partial charge in [0.2, 0.25) is 0 Å². The van der Waals surface area contributed by atoms with E-state index in [1.54, 1.807) is 6.20 Å². The SMILES string of the molecule is Cc1ccc(OCC#CCNC(=O)NC2CCCCC2)cn1. The summed E-state index contributed by atoms with van der Waals surface area (Å²) >= 11 is 0. The molecular formula is C17H23N3O2. The van der Waals surface area contributed by atoms with Gasteiger partial charge in [-0.2, -0.15) is 0 Å². The Balaban J connectivity index is 1.58. The molecule has 22 heavy (non-hydrogen) atoms. The van der Waals surface area contributed by atoms with Crippen LogP contribution < -0.4 is 15.4 Å². The lowest BCUT2D eigenvalue weighted by Gasteiger charge is -2.22. The summed E-state index contributed by atoms with van der Waals surface area (Å²) in [6, 6.07) is 3.93. The number of urea groups is 1. The van der Waals surface area contributed by atoms with Crippen LogP contribution in [-0.2, 0) is 0 Å². The van der Waals surface area contributed by atoms with E-state index >= 15 is 0 Å². The number of ether oxygens (including phenoxy) is 1. The first kappa shape index (κ1) is 16.2. The van der Waals surface area contributed by atoms with Crippen LogP contribution in [0, 0.1) is 18.8 Å². The fraction of sp³-hybridized carbons (Fsp3) is 0.529. The third-order valence-corrected chi connectivity index (χ3v) is 3.60. The number of amides is 2. The van der Waals surface area contributed by atoms with E-state index in [-0.39, 0.29) is 12.6 Å². The highest BCUT2D eigenvalue weighted by atomic mass is 16.5. The van der Waals surface area contributed by atoms with Crippen LogP contribution in [0.3, 0.4) is 0 Å². The molecule has 0 radical (unpaired) electrons. The molecule has 1 aliphatic carbocycles. The second-order valence-corrected chi connectivity index (χ2v) is 5.44. The van der Waals surface area contributed by atoms with E-state index in [0.717, 1.165) is 18.5 Å². The molecule has 1 aromatic heterocycles. The molecule has 1 aliphatic rings. The zero-order chi connectivity index (χ0) is 15.6. The van der Waals surface area contributed by atoms with E-state index in [1.165, 1.54) is 19.3 Å². The third-order valence-electron chi connectivity index (χ3n) is 3.60. The Morgan fingerprint density at radius 3 is 2.86 bits per heavy atom. The minimum absolute atomic E-state index is 0.134. The van der Waals surface area contributed by atoms with E-state index in [0.29, 0.717) is 18.3 Å². The maximum Gasteiger partial charge on any atom is 0.315 e. The number of carbonyl (C=O) groups is 1. The van der Waals surface area contributed by atoms with Crippen molar-refractivity contribution < 1.29 is 9.53 Å². The predicted octanol–water partition coefficient (Wildman–Crippen LogP) is 2.40. The van der Waals surface area contributed by atoms with Gasteiger partial charge in [0.1, 0.15) is 12.4 Å². The van der Waals surface area contributed by atoms with Crippen molar-refractivity contribution in [2.24, 2.45) is 0 Å². The number of hydrogen-bond acceptors (Lipinski definition) is 3. The molecule has 5 nitrogen and oxygen atoms in total. The molecule has 2 amide bonds. The molecule has 0 unspecified atom stereocenters. The lowest BCUT2D eigenvalue weighted by atomic mass is 9.96. The summed E-state index contributed by atoms with van der Waals surface area (Å²) in [5.74, 6) is 6.43. The molecule has 0 atom stereocenters. The molecule has 1 saturated carbocycles. The lowest BCUT2D eigenvalue weighted by molar-refractivity contribution is 0.234. The normalized spacial score (nSPS) is 14.6. The highest BCUT2D eigenvalue weighted by Crippen LogP contribution is 2.17. The van der Waals surface area contributed by atoms with Gasteiger partial charge < -0.3 is 15.4 Å². The quantitative estimate of drug-likeness (QED) is 0.839. The average Bonchev–Trinajstić information content (AvgIpc) is 2.53. The summed E-state index contributed by atoms with van der Waals surface area (Å²) in [6.45, 7) is 2.54. The largest absolute Gasteiger partial charge is 0.479 e. The molecule has 0 spiro atoms. The van der Waals surface area contributed by atoms with Gasteiger partial charge in [0.05, 0.1) is 12.7 Å². The molecule has 0 bridgehead atoms. The minimum atomic E-state index is -0.134. The van der Waals surface area contributed by atoms with Crippen LogP contribution in [0.1, 0.15) is 37.8 Å². The number of hydrogen-bond donors (Lipinski definition) is 2. The number of carbonyl (C=O) groups excluding carboxylic acids is 1. The molecule has 118 valence electrons. The smallest absolute Gasteiger partial charge is 0.315 e. The molecule has 5 heteroatoms. The van der Waals surface area contributed by atoms with Gasteiger partial charge >= 0.3 is 6.03 Å². The number of aromatic nitrogens is 1. The Morgan fingerprint density at radius 1 is 1.32 bits per heavy atom.